The molecule has 0 fully saturated rings. The molecular weight excluding hydrogens is 322 g/mol. The highest BCUT2D eigenvalue weighted by atomic mass is 32.1. The van der Waals surface area contributed by atoms with Gasteiger partial charge in [-0.05, 0) is 54.0 Å². The van der Waals surface area contributed by atoms with E-state index in [1.807, 2.05) is 12.1 Å². The number of hydrogen-bond acceptors (Lipinski definition) is 4. The van der Waals surface area contributed by atoms with E-state index in [2.05, 4.69) is 12.2 Å². The Labute approximate surface area is 145 Å². The van der Waals surface area contributed by atoms with Gasteiger partial charge in [-0.25, -0.2) is 0 Å². The summed E-state index contributed by atoms with van der Waals surface area (Å²) in [7, 11) is 1.55. The number of ether oxygens (including phenoxy) is 1. The van der Waals surface area contributed by atoms with E-state index < -0.39 is 0 Å². The van der Waals surface area contributed by atoms with Gasteiger partial charge in [0, 0.05) is 17.2 Å². The summed E-state index contributed by atoms with van der Waals surface area (Å²) in [5.41, 5.74) is 3.75. The van der Waals surface area contributed by atoms with Gasteiger partial charge in [0.15, 0.2) is 11.5 Å². The number of thiophene rings is 1. The quantitative estimate of drug-likeness (QED) is 0.864. The molecule has 1 amide bonds. The molecule has 1 aliphatic carbocycles. The number of hydrogen-bond donors (Lipinski definition) is 2. The van der Waals surface area contributed by atoms with Crippen LogP contribution < -0.4 is 10.1 Å². The molecule has 0 saturated heterocycles. The summed E-state index contributed by atoms with van der Waals surface area (Å²) in [6, 6.07) is 5.42. The molecule has 5 heteroatoms. The van der Waals surface area contributed by atoms with Gasteiger partial charge in [-0.3, -0.25) is 4.79 Å². The Bertz CT molecular complexity index is 811. The van der Waals surface area contributed by atoms with Crippen molar-refractivity contribution in [3.63, 3.8) is 0 Å². The standard InChI is InChI=1S/C19H21NO3S/c1-10-3-5-12-16(7-10)24-19-18(12)13(9-17(22)20-19)11-4-6-14(21)15(8-11)23-2/h4,6,8,10,13,21H,3,5,7,9H2,1-2H3,(H,20,22)/t10-,13-/m0/s1. The number of phenolic OH excluding ortho intramolecular Hbond substituents is 1. The first-order chi connectivity index (χ1) is 11.6. The number of nitrogens with one attached hydrogen (secondary N) is 1. The summed E-state index contributed by atoms with van der Waals surface area (Å²) in [4.78, 5) is 13.7. The van der Waals surface area contributed by atoms with Gasteiger partial charge in [0.1, 0.15) is 0 Å². The molecule has 4 nitrogen and oxygen atoms in total. The molecule has 0 bridgehead atoms. The third-order valence-electron chi connectivity index (χ3n) is 5.15. The van der Waals surface area contributed by atoms with Gasteiger partial charge >= 0.3 is 0 Å². The van der Waals surface area contributed by atoms with Crippen LogP contribution in [0, 0.1) is 5.92 Å². The Hall–Kier alpha value is -2.01. The highest BCUT2D eigenvalue weighted by molar-refractivity contribution is 7.16. The zero-order valence-corrected chi connectivity index (χ0v) is 14.7. The molecule has 2 heterocycles. The van der Waals surface area contributed by atoms with E-state index >= 15 is 0 Å². The monoisotopic (exact) mass is 343 g/mol. The molecule has 0 unspecified atom stereocenters. The first-order valence-corrected chi connectivity index (χ1v) is 9.19. The fourth-order valence-corrected chi connectivity index (χ4v) is 5.39. The van der Waals surface area contributed by atoms with Crippen molar-refractivity contribution in [2.45, 2.75) is 38.5 Å². The molecule has 1 aromatic heterocycles. The SMILES string of the molecule is COc1cc([C@@H]2CC(=O)Nc3sc4c(c32)CC[C@H](C)C4)ccc1O. The number of phenols is 1. The minimum atomic E-state index is 0.0386. The van der Waals surface area contributed by atoms with E-state index in [-0.39, 0.29) is 17.6 Å². The second-order valence-corrected chi connectivity index (χ2v) is 7.94. The molecule has 2 aromatic rings. The van der Waals surface area contributed by atoms with E-state index in [9.17, 15) is 9.90 Å². The van der Waals surface area contributed by atoms with E-state index in [0.717, 1.165) is 23.4 Å². The lowest BCUT2D eigenvalue weighted by atomic mass is 9.80. The largest absolute Gasteiger partial charge is 0.504 e. The lowest BCUT2D eigenvalue weighted by molar-refractivity contribution is -0.116. The summed E-state index contributed by atoms with van der Waals surface area (Å²) in [6.07, 6.45) is 3.84. The molecule has 2 atom stereocenters. The van der Waals surface area contributed by atoms with Gasteiger partial charge in [-0.15, -0.1) is 11.3 Å². The van der Waals surface area contributed by atoms with Crippen LogP contribution in [0.5, 0.6) is 11.5 Å². The molecular formula is C19H21NO3S. The molecule has 1 aliphatic heterocycles. The summed E-state index contributed by atoms with van der Waals surface area (Å²) in [5.74, 6) is 1.39. The predicted octanol–water partition coefficient (Wildman–Crippen LogP) is 4.06. The number of benzene rings is 1. The van der Waals surface area contributed by atoms with Gasteiger partial charge in [0.2, 0.25) is 5.91 Å². The number of methoxy groups -OCH3 is 1. The highest BCUT2D eigenvalue weighted by Crippen LogP contribution is 2.49. The molecule has 2 aliphatic rings. The zero-order valence-electron chi connectivity index (χ0n) is 13.9. The third-order valence-corrected chi connectivity index (χ3v) is 6.34. The fraction of sp³-hybridized carbons (Fsp3) is 0.421. The van der Waals surface area contributed by atoms with Crippen molar-refractivity contribution in [1.82, 2.24) is 0 Å². The number of rotatable bonds is 2. The fourth-order valence-electron chi connectivity index (χ4n) is 3.90. The number of amides is 1. The van der Waals surface area contributed by atoms with Crippen LogP contribution in [0.4, 0.5) is 5.00 Å². The van der Waals surface area contributed by atoms with Gasteiger partial charge in [0.25, 0.3) is 0 Å². The number of aromatic hydroxyl groups is 1. The number of carbonyl (C=O) groups excluding carboxylic acids is 1. The normalized spacial score (nSPS) is 22.5. The molecule has 126 valence electrons. The summed E-state index contributed by atoms with van der Waals surface area (Å²) >= 11 is 1.74. The first-order valence-electron chi connectivity index (χ1n) is 8.38. The van der Waals surface area contributed by atoms with Crippen molar-refractivity contribution in [2.75, 3.05) is 12.4 Å². The predicted molar refractivity (Wildman–Crippen MR) is 95.3 cm³/mol. The van der Waals surface area contributed by atoms with Gasteiger partial charge < -0.3 is 15.2 Å². The lowest BCUT2D eigenvalue weighted by Gasteiger charge is -2.26. The Balaban J connectivity index is 1.83. The second kappa shape index (κ2) is 5.81. The van der Waals surface area contributed by atoms with Crippen molar-refractivity contribution in [2.24, 2.45) is 5.92 Å². The smallest absolute Gasteiger partial charge is 0.225 e. The van der Waals surface area contributed by atoms with Crippen molar-refractivity contribution >= 4 is 22.2 Å². The zero-order chi connectivity index (χ0) is 16.8. The van der Waals surface area contributed by atoms with Crippen molar-refractivity contribution in [3.05, 3.63) is 39.8 Å². The van der Waals surface area contributed by atoms with Crippen LogP contribution in [-0.2, 0) is 17.6 Å². The maximum atomic E-state index is 12.2. The van der Waals surface area contributed by atoms with Crippen LogP contribution in [0.3, 0.4) is 0 Å². The van der Waals surface area contributed by atoms with Crippen molar-refractivity contribution < 1.29 is 14.6 Å². The lowest BCUT2D eigenvalue weighted by Crippen LogP contribution is -2.23. The minimum absolute atomic E-state index is 0.0386. The van der Waals surface area contributed by atoms with Crippen molar-refractivity contribution in [1.29, 1.82) is 0 Å². The van der Waals surface area contributed by atoms with E-state index in [1.165, 1.54) is 22.4 Å². The van der Waals surface area contributed by atoms with Crippen molar-refractivity contribution in [3.8, 4) is 11.5 Å². The molecule has 0 radical (unpaired) electrons. The average Bonchev–Trinajstić information content (AvgIpc) is 2.91. The Kier molecular flexibility index (Phi) is 3.76. The average molecular weight is 343 g/mol. The van der Waals surface area contributed by atoms with Crippen LogP contribution >= 0.6 is 11.3 Å². The maximum absolute atomic E-state index is 12.2. The molecule has 24 heavy (non-hydrogen) atoms. The Morgan fingerprint density at radius 2 is 2.17 bits per heavy atom. The first kappa shape index (κ1) is 15.5. The van der Waals surface area contributed by atoms with E-state index in [0.29, 0.717) is 18.1 Å². The van der Waals surface area contributed by atoms with Crippen LogP contribution in [-0.4, -0.2) is 18.1 Å². The number of anilines is 1. The molecule has 4 rings (SSSR count). The summed E-state index contributed by atoms with van der Waals surface area (Å²) < 4.78 is 5.25. The molecule has 0 saturated carbocycles. The maximum Gasteiger partial charge on any atom is 0.225 e. The topological polar surface area (TPSA) is 58.6 Å². The van der Waals surface area contributed by atoms with Crippen LogP contribution in [0.25, 0.3) is 0 Å². The Morgan fingerprint density at radius 3 is 2.96 bits per heavy atom. The van der Waals surface area contributed by atoms with Crippen LogP contribution in [0.15, 0.2) is 18.2 Å². The highest BCUT2D eigenvalue weighted by Gasteiger charge is 2.34. The van der Waals surface area contributed by atoms with E-state index in [4.69, 9.17) is 4.74 Å². The minimum Gasteiger partial charge on any atom is -0.504 e. The van der Waals surface area contributed by atoms with Gasteiger partial charge in [-0.1, -0.05) is 13.0 Å². The summed E-state index contributed by atoms with van der Waals surface area (Å²) in [6.45, 7) is 2.29. The number of carbonyl (C=O) groups is 1. The summed E-state index contributed by atoms with van der Waals surface area (Å²) in [5, 5.41) is 13.9. The third kappa shape index (κ3) is 2.47. The molecule has 1 aromatic carbocycles. The van der Waals surface area contributed by atoms with Crippen LogP contribution in [0.2, 0.25) is 0 Å². The number of fused-ring (bicyclic) bond motifs is 3. The van der Waals surface area contributed by atoms with Gasteiger partial charge in [0.05, 0.1) is 12.1 Å². The van der Waals surface area contributed by atoms with Gasteiger partial charge in [-0.2, -0.15) is 0 Å². The second-order valence-electron chi connectivity index (χ2n) is 6.83. The molecule has 0 spiro atoms. The van der Waals surface area contributed by atoms with E-state index in [1.54, 1.807) is 24.5 Å². The van der Waals surface area contributed by atoms with Crippen LogP contribution in [0.1, 0.15) is 47.3 Å². The molecule has 2 N–H and O–H groups in total. The Morgan fingerprint density at radius 1 is 1.33 bits per heavy atom.